The van der Waals surface area contributed by atoms with Gasteiger partial charge in [-0.2, -0.15) is 0 Å². The molecule has 0 radical (unpaired) electrons. The van der Waals surface area contributed by atoms with Crippen molar-refractivity contribution in [2.24, 2.45) is 0 Å². The van der Waals surface area contributed by atoms with E-state index in [0.717, 1.165) is 5.01 Å². The molecule has 1 aromatic carbocycles. The molecule has 0 aliphatic rings. The van der Waals surface area contributed by atoms with E-state index in [1.807, 2.05) is 5.38 Å². The number of benzene rings is 1. The van der Waals surface area contributed by atoms with Crippen molar-refractivity contribution in [1.82, 2.24) is 10.3 Å². The second-order valence-corrected chi connectivity index (χ2v) is 4.65. The smallest absolute Gasteiger partial charge is 0.254 e. The number of amides is 1. The molecule has 1 heterocycles. The summed E-state index contributed by atoms with van der Waals surface area (Å²) >= 11 is 1.52. The maximum atomic E-state index is 13.4. The van der Waals surface area contributed by atoms with Crippen molar-refractivity contribution >= 4 is 22.9 Å². The zero-order valence-electron chi connectivity index (χ0n) is 9.52. The number of hydrogen-bond acceptors (Lipinski definition) is 4. The number of thiazole rings is 1. The molecule has 0 aliphatic heterocycles. The van der Waals surface area contributed by atoms with E-state index >= 15 is 0 Å². The first-order chi connectivity index (χ1) is 8.66. The number of nitrogens with one attached hydrogen (secondary N) is 1. The van der Waals surface area contributed by atoms with Crippen LogP contribution in [0.4, 0.5) is 10.1 Å². The third kappa shape index (κ3) is 3.04. The molecule has 1 aromatic heterocycles. The number of rotatable bonds is 4. The van der Waals surface area contributed by atoms with Crippen molar-refractivity contribution in [3.05, 3.63) is 46.2 Å². The first-order valence-corrected chi connectivity index (χ1v) is 6.26. The lowest BCUT2D eigenvalue weighted by Gasteiger charge is -2.05. The summed E-state index contributed by atoms with van der Waals surface area (Å²) in [5, 5.41) is 5.44. The number of hydrogen-bond donors (Lipinski definition) is 2. The van der Waals surface area contributed by atoms with Gasteiger partial charge in [-0.3, -0.25) is 4.79 Å². The number of halogens is 1. The highest BCUT2D eigenvalue weighted by Gasteiger charge is 2.11. The predicted octanol–water partition coefficient (Wildman–Crippen LogP) is 1.84. The van der Waals surface area contributed by atoms with E-state index in [9.17, 15) is 9.18 Å². The fourth-order valence-electron chi connectivity index (χ4n) is 1.47. The quantitative estimate of drug-likeness (QED) is 0.829. The largest absolute Gasteiger partial charge is 0.399 e. The lowest BCUT2D eigenvalue weighted by Crippen LogP contribution is -2.26. The molecule has 0 atom stereocenters. The van der Waals surface area contributed by atoms with Crippen LogP contribution in [0, 0.1) is 5.82 Å². The van der Waals surface area contributed by atoms with Crippen LogP contribution in [-0.4, -0.2) is 17.4 Å². The van der Waals surface area contributed by atoms with E-state index in [-0.39, 0.29) is 5.56 Å². The third-order valence-corrected chi connectivity index (χ3v) is 3.18. The van der Waals surface area contributed by atoms with Crippen LogP contribution in [0.3, 0.4) is 0 Å². The van der Waals surface area contributed by atoms with Crippen LogP contribution in [0.2, 0.25) is 0 Å². The Morgan fingerprint density at radius 2 is 2.33 bits per heavy atom. The van der Waals surface area contributed by atoms with Gasteiger partial charge in [0.1, 0.15) is 5.82 Å². The molecule has 2 aromatic rings. The second kappa shape index (κ2) is 5.59. The van der Waals surface area contributed by atoms with E-state index in [4.69, 9.17) is 5.73 Å². The van der Waals surface area contributed by atoms with Gasteiger partial charge in [-0.25, -0.2) is 9.37 Å². The summed E-state index contributed by atoms with van der Waals surface area (Å²) in [6.07, 6.45) is 2.34. The SMILES string of the molecule is Nc1ccc(F)c(C(=O)NCCc2nccs2)c1. The molecule has 0 saturated heterocycles. The van der Waals surface area contributed by atoms with Gasteiger partial charge < -0.3 is 11.1 Å². The van der Waals surface area contributed by atoms with E-state index in [1.165, 1.54) is 29.5 Å². The van der Waals surface area contributed by atoms with Crippen molar-refractivity contribution in [1.29, 1.82) is 0 Å². The van der Waals surface area contributed by atoms with Crippen molar-refractivity contribution in [2.75, 3.05) is 12.3 Å². The fourth-order valence-corrected chi connectivity index (χ4v) is 2.09. The summed E-state index contributed by atoms with van der Waals surface area (Å²) < 4.78 is 13.4. The summed E-state index contributed by atoms with van der Waals surface area (Å²) in [5.41, 5.74) is 5.85. The Morgan fingerprint density at radius 1 is 1.50 bits per heavy atom. The van der Waals surface area contributed by atoms with Crippen molar-refractivity contribution in [3.63, 3.8) is 0 Å². The van der Waals surface area contributed by atoms with Crippen molar-refractivity contribution in [2.45, 2.75) is 6.42 Å². The fraction of sp³-hybridized carbons (Fsp3) is 0.167. The second-order valence-electron chi connectivity index (χ2n) is 3.67. The molecular formula is C12H12FN3OS. The number of carbonyl (C=O) groups is 1. The molecule has 0 bridgehead atoms. The molecule has 0 spiro atoms. The van der Waals surface area contributed by atoms with E-state index < -0.39 is 11.7 Å². The van der Waals surface area contributed by atoms with E-state index in [2.05, 4.69) is 10.3 Å². The topological polar surface area (TPSA) is 68.0 Å². The van der Waals surface area contributed by atoms with Gasteiger partial charge in [-0.05, 0) is 18.2 Å². The molecule has 0 fully saturated rings. The van der Waals surface area contributed by atoms with Crippen LogP contribution >= 0.6 is 11.3 Å². The molecular weight excluding hydrogens is 253 g/mol. The highest BCUT2D eigenvalue weighted by molar-refractivity contribution is 7.09. The van der Waals surface area contributed by atoms with Crippen LogP contribution in [0.25, 0.3) is 0 Å². The maximum absolute atomic E-state index is 13.4. The average Bonchev–Trinajstić information content (AvgIpc) is 2.85. The molecule has 0 saturated carbocycles. The first kappa shape index (κ1) is 12.5. The van der Waals surface area contributed by atoms with Gasteiger partial charge in [-0.15, -0.1) is 11.3 Å². The molecule has 0 unspecified atom stereocenters. The van der Waals surface area contributed by atoms with Crippen LogP contribution in [0.15, 0.2) is 29.8 Å². The Kier molecular flexibility index (Phi) is 3.88. The molecule has 4 nitrogen and oxygen atoms in total. The first-order valence-electron chi connectivity index (χ1n) is 5.38. The maximum Gasteiger partial charge on any atom is 0.254 e. The molecule has 1 amide bonds. The minimum Gasteiger partial charge on any atom is -0.399 e. The van der Waals surface area contributed by atoms with Gasteiger partial charge in [-0.1, -0.05) is 0 Å². The molecule has 18 heavy (non-hydrogen) atoms. The molecule has 0 aliphatic carbocycles. The standard InChI is InChI=1S/C12H12FN3OS/c13-10-2-1-8(14)7-9(10)12(17)16-4-3-11-15-5-6-18-11/h1-2,5-7H,3-4,14H2,(H,16,17). The summed E-state index contributed by atoms with van der Waals surface area (Å²) in [5.74, 6) is -1.03. The Bertz CT molecular complexity index is 542. The number of anilines is 1. The number of nitrogens with zero attached hydrogens (tertiary/aromatic N) is 1. The minimum absolute atomic E-state index is 0.0332. The normalized spacial score (nSPS) is 10.3. The highest BCUT2D eigenvalue weighted by atomic mass is 32.1. The third-order valence-electron chi connectivity index (χ3n) is 2.34. The van der Waals surface area contributed by atoms with Crippen molar-refractivity contribution in [3.8, 4) is 0 Å². The van der Waals surface area contributed by atoms with Gasteiger partial charge in [0.2, 0.25) is 0 Å². The zero-order chi connectivity index (χ0) is 13.0. The number of aromatic nitrogens is 1. The number of nitrogens with two attached hydrogens (primary N) is 1. The van der Waals surface area contributed by atoms with Crippen LogP contribution in [0.5, 0.6) is 0 Å². The van der Waals surface area contributed by atoms with Crippen LogP contribution in [0.1, 0.15) is 15.4 Å². The summed E-state index contributed by atoms with van der Waals surface area (Å²) in [6, 6.07) is 3.93. The number of carbonyl (C=O) groups excluding carboxylic acids is 1. The number of nitrogen functional groups attached to an aromatic ring is 1. The summed E-state index contributed by atoms with van der Waals surface area (Å²) in [6.45, 7) is 0.417. The predicted molar refractivity (Wildman–Crippen MR) is 69.0 cm³/mol. The summed E-state index contributed by atoms with van der Waals surface area (Å²) in [7, 11) is 0. The Morgan fingerprint density at radius 3 is 3.06 bits per heavy atom. The lowest BCUT2D eigenvalue weighted by atomic mass is 10.1. The van der Waals surface area contributed by atoms with Crippen LogP contribution < -0.4 is 11.1 Å². The molecule has 3 N–H and O–H groups in total. The highest BCUT2D eigenvalue weighted by Crippen LogP contribution is 2.12. The lowest BCUT2D eigenvalue weighted by molar-refractivity contribution is 0.0950. The Labute approximate surface area is 108 Å². The van der Waals surface area contributed by atoms with Gasteiger partial charge in [0.05, 0.1) is 10.6 Å². The summed E-state index contributed by atoms with van der Waals surface area (Å²) in [4.78, 5) is 15.8. The van der Waals surface area contributed by atoms with E-state index in [0.29, 0.717) is 18.7 Å². The van der Waals surface area contributed by atoms with Gasteiger partial charge in [0.15, 0.2) is 0 Å². The average molecular weight is 265 g/mol. The Balaban J connectivity index is 1.93. The van der Waals surface area contributed by atoms with Gasteiger partial charge >= 0.3 is 0 Å². The van der Waals surface area contributed by atoms with E-state index in [1.54, 1.807) is 6.20 Å². The molecule has 94 valence electrons. The molecule has 2 rings (SSSR count). The zero-order valence-corrected chi connectivity index (χ0v) is 10.3. The van der Waals surface area contributed by atoms with Crippen LogP contribution in [-0.2, 0) is 6.42 Å². The van der Waals surface area contributed by atoms with Gasteiger partial charge in [0.25, 0.3) is 5.91 Å². The monoisotopic (exact) mass is 265 g/mol. The van der Waals surface area contributed by atoms with Crippen molar-refractivity contribution < 1.29 is 9.18 Å². The minimum atomic E-state index is -0.573. The Hall–Kier alpha value is -1.95. The molecule has 6 heteroatoms. The van der Waals surface area contributed by atoms with Gasteiger partial charge in [0, 0.05) is 30.2 Å².